The van der Waals surface area contributed by atoms with E-state index in [1.807, 2.05) is 0 Å². The smallest absolute Gasteiger partial charge is 0.419 e. The first-order valence-electron chi connectivity index (χ1n) is 5.85. The number of hydrogen-bond donors (Lipinski definition) is 1. The van der Waals surface area contributed by atoms with Crippen LogP contribution in [0.15, 0.2) is 28.8 Å². The number of nitrogens with two attached hydrogens (primary N) is 1. The van der Waals surface area contributed by atoms with E-state index in [2.05, 4.69) is 5.16 Å². The molecule has 0 aliphatic rings. The topological polar surface area (TPSA) is 61.3 Å². The van der Waals surface area contributed by atoms with Crippen LogP contribution in [0.25, 0.3) is 0 Å². The molecule has 0 aliphatic heterocycles. The highest BCUT2D eigenvalue weighted by molar-refractivity contribution is 5.39. The number of rotatable bonds is 4. The molecule has 0 amide bonds. The molecule has 0 unspecified atom stereocenters. The third-order valence-electron chi connectivity index (χ3n) is 2.64. The molecule has 20 heavy (non-hydrogen) atoms. The third-order valence-corrected chi connectivity index (χ3v) is 2.64. The maximum Gasteiger partial charge on any atom is 0.419 e. The van der Waals surface area contributed by atoms with E-state index in [9.17, 15) is 13.2 Å². The van der Waals surface area contributed by atoms with Crippen LogP contribution in [0.5, 0.6) is 5.75 Å². The minimum absolute atomic E-state index is 0.0336. The van der Waals surface area contributed by atoms with Crippen molar-refractivity contribution in [1.82, 2.24) is 5.16 Å². The largest absolute Gasteiger partial charge is 0.487 e. The van der Waals surface area contributed by atoms with Crippen LogP contribution in [0.1, 0.15) is 22.6 Å². The van der Waals surface area contributed by atoms with E-state index < -0.39 is 11.7 Å². The summed E-state index contributed by atoms with van der Waals surface area (Å²) in [6.07, 6.45) is -4.50. The van der Waals surface area contributed by atoms with Gasteiger partial charge in [0.15, 0.2) is 0 Å². The van der Waals surface area contributed by atoms with E-state index in [1.165, 1.54) is 12.1 Å². The maximum atomic E-state index is 12.9. The predicted octanol–water partition coefficient (Wildman–Crippen LogP) is 3.04. The van der Waals surface area contributed by atoms with Gasteiger partial charge in [0.05, 0.1) is 5.56 Å². The molecule has 2 rings (SSSR count). The quantitative estimate of drug-likeness (QED) is 0.938. The average molecular weight is 286 g/mol. The Kier molecular flexibility index (Phi) is 3.99. The Morgan fingerprint density at radius 2 is 2.05 bits per heavy atom. The second kappa shape index (κ2) is 5.54. The molecule has 1 aromatic carbocycles. The van der Waals surface area contributed by atoms with E-state index in [0.29, 0.717) is 17.0 Å². The highest BCUT2D eigenvalue weighted by atomic mass is 19.4. The van der Waals surface area contributed by atoms with E-state index in [1.54, 1.807) is 13.0 Å². The highest BCUT2D eigenvalue weighted by Crippen LogP contribution is 2.37. The third kappa shape index (κ3) is 3.30. The highest BCUT2D eigenvalue weighted by Gasteiger charge is 2.34. The molecule has 0 radical (unpaired) electrons. The van der Waals surface area contributed by atoms with Crippen molar-refractivity contribution in [1.29, 1.82) is 0 Å². The van der Waals surface area contributed by atoms with E-state index >= 15 is 0 Å². The summed E-state index contributed by atoms with van der Waals surface area (Å²) in [6.45, 7) is 1.63. The first-order valence-corrected chi connectivity index (χ1v) is 5.85. The lowest BCUT2D eigenvalue weighted by molar-refractivity contribution is -0.139. The zero-order chi connectivity index (χ0) is 14.8. The maximum absolute atomic E-state index is 12.9. The minimum Gasteiger partial charge on any atom is -0.487 e. The summed E-state index contributed by atoms with van der Waals surface area (Å²) >= 11 is 0. The number of aromatic nitrogens is 1. The molecule has 0 saturated heterocycles. The van der Waals surface area contributed by atoms with Crippen molar-refractivity contribution in [2.75, 3.05) is 0 Å². The Morgan fingerprint density at radius 1 is 1.30 bits per heavy atom. The number of aryl methyl sites for hydroxylation is 1. The van der Waals surface area contributed by atoms with Crippen LogP contribution in [0.2, 0.25) is 0 Å². The summed E-state index contributed by atoms with van der Waals surface area (Å²) in [5.41, 5.74) is 5.32. The first-order chi connectivity index (χ1) is 9.40. The zero-order valence-electron chi connectivity index (χ0n) is 10.7. The van der Waals surface area contributed by atoms with Crippen molar-refractivity contribution in [3.8, 4) is 5.75 Å². The summed E-state index contributed by atoms with van der Waals surface area (Å²) in [5, 5.41) is 3.66. The van der Waals surface area contributed by atoms with Crippen LogP contribution in [-0.2, 0) is 19.3 Å². The molecule has 0 spiro atoms. The lowest BCUT2D eigenvalue weighted by atomic mass is 10.1. The molecule has 4 nitrogen and oxygen atoms in total. The molecule has 1 heterocycles. The zero-order valence-corrected chi connectivity index (χ0v) is 10.7. The van der Waals surface area contributed by atoms with Crippen LogP contribution >= 0.6 is 0 Å². The lowest BCUT2D eigenvalue weighted by Gasteiger charge is -2.14. The van der Waals surface area contributed by atoms with Gasteiger partial charge in [0.1, 0.15) is 23.8 Å². The van der Waals surface area contributed by atoms with Crippen LogP contribution in [0.3, 0.4) is 0 Å². The fraction of sp³-hybridized carbons (Fsp3) is 0.308. The number of benzene rings is 1. The molecule has 1 aromatic heterocycles. The summed E-state index contributed by atoms with van der Waals surface area (Å²) in [6, 6.07) is 5.35. The molecule has 2 aromatic rings. The summed E-state index contributed by atoms with van der Waals surface area (Å²) in [7, 11) is 0. The van der Waals surface area contributed by atoms with Gasteiger partial charge in [-0.3, -0.25) is 0 Å². The second-order valence-corrected chi connectivity index (χ2v) is 4.25. The van der Waals surface area contributed by atoms with Gasteiger partial charge in [-0.1, -0.05) is 11.2 Å². The molecule has 0 aliphatic carbocycles. The number of alkyl halides is 3. The summed E-state index contributed by atoms with van der Waals surface area (Å²) < 4.78 is 48.8. The first kappa shape index (κ1) is 14.4. The van der Waals surface area contributed by atoms with Crippen LogP contribution < -0.4 is 10.5 Å². The van der Waals surface area contributed by atoms with Gasteiger partial charge >= 0.3 is 6.18 Å². The number of halogens is 3. The van der Waals surface area contributed by atoms with Crippen molar-refractivity contribution in [2.45, 2.75) is 26.3 Å². The molecule has 7 heteroatoms. The van der Waals surface area contributed by atoms with Gasteiger partial charge in [0.25, 0.3) is 0 Å². The standard InChI is InChI=1S/C13H13F3N2O2/c1-8-4-10(18-20-8)7-19-12-3-2-9(6-17)5-11(12)13(14,15)16/h2-5H,6-7,17H2,1H3. The van der Waals surface area contributed by atoms with Crippen LogP contribution in [0, 0.1) is 6.92 Å². The molecule has 2 N–H and O–H groups in total. The number of hydrogen-bond acceptors (Lipinski definition) is 4. The van der Waals surface area contributed by atoms with Gasteiger partial charge < -0.3 is 15.0 Å². The predicted molar refractivity (Wildman–Crippen MR) is 64.9 cm³/mol. The Hall–Kier alpha value is -2.02. The number of nitrogens with zero attached hydrogens (tertiary/aromatic N) is 1. The Bertz CT molecular complexity index is 594. The van der Waals surface area contributed by atoms with Gasteiger partial charge in [-0.05, 0) is 24.6 Å². The minimum atomic E-state index is -4.50. The van der Waals surface area contributed by atoms with E-state index in [-0.39, 0.29) is 18.9 Å². The Morgan fingerprint density at radius 3 is 2.60 bits per heavy atom. The molecular formula is C13H13F3N2O2. The van der Waals surface area contributed by atoms with Gasteiger partial charge in [-0.25, -0.2) is 0 Å². The van der Waals surface area contributed by atoms with Gasteiger partial charge in [0, 0.05) is 12.6 Å². The average Bonchev–Trinajstić information content (AvgIpc) is 2.81. The van der Waals surface area contributed by atoms with Gasteiger partial charge in [-0.15, -0.1) is 0 Å². The lowest BCUT2D eigenvalue weighted by Crippen LogP contribution is -2.10. The van der Waals surface area contributed by atoms with Crippen LogP contribution in [0.4, 0.5) is 13.2 Å². The van der Waals surface area contributed by atoms with Gasteiger partial charge in [0.2, 0.25) is 0 Å². The van der Waals surface area contributed by atoms with E-state index in [4.69, 9.17) is 15.0 Å². The molecule has 0 atom stereocenters. The Labute approximate surface area is 113 Å². The van der Waals surface area contributed by atoms with Crippen LogP contribution in [-0.4, -0.2) is 5.16 Å². The molecular weight excluding hydrogens is 273 g/mol. The van der Waals surface area contributed by atoms with Crippen molar-refractivity contribution >= 4 is 0 Å². The molecule has 0 bridgehead atoms. The normalized spacial score (nSPS) is 11.7. The monoisotopic (exact) mass is 286 g/mol. The molecule has 108 valence electrons. The summed E-state index contributed by atoms with van der Waals surface area (Å²) in [5.74, 6) is 0.313. The van der Waals surface area contributed by atoms with Crippen molar-refractivity contribution in [3.05, 3.63) is 46.8 Å². The fourth-order valence-electron chi connectivity index (χ4n) is 1.69. The fourth-order valence-corrected chi connectivity index (χ4v) is 1.69. The van der Waals surface area contributed by atoms with Gasteiger partial charge in [-0.2, -0.15) is 13.2 Å². The molecule has 0 saturated carbocycles. The molecule has 0 fully saturated rings. The SMILES string of the molecule is Cc1cc(COc2ccc(CN)cc2C(F)(F)F)no1. The Balaban J connectivity index is 2.22. The number of ether oxygens (including phenoxy) is 1. The second-order valence-electron chi connectivity index (χ2n) is 4.25. The van der Waals surface area contributed by atoms with E-state index in [0.717, 1.165) is 6.07 Å². The van der Waals surface area contributed by atoms with Crippen molar-refractivity contribution < 1.29 is 22.4 Å². The van der Waals surface area contributed by atoms with Crippen molar-refractivity contribution in [3.63, 3.8) is 0 Å². The van der Waals surface area contributed by atoms with Crippen molar-refractivity contribution in [2.24, 2.45) is 5.73 Å². The summed E-state index contributed by atoms with van der Waals surface area (Å²) in [4.78, 5) is 0.